The summed E-state index contributed by atoms with van der Waals surface area (Å²) in [6, 6.07) is 17.3. The standard InChI is InChI=1S/4C5H4N.C5H4O.C5H5.Co/c4*1-2-4-6-5-3-1;6-5-3-1-2-4-5;1-2-4-5-3-1;/h4*2-5H;1-4H;1-3H,4H2;. The van der Waals surface area contributed by atoms with Crippen LogP contribution in [-0.2, 0) is 16.4 Å². The molecule has 2 aliphatic carbocycles. The fraction of sp³-hybridized carbons (Fsp3) is 0.0333. The van der Waals surface area contributed by atoms with Crippen LogP contribution in [0.4, 0.5) is 0 Å². The molecule has 0 spiro atoms. The number of allylic oxidation sites excluding steroid dienone is 8. The SMILES string of the molecule is C1=CC[C]([Co]([c]2ccncc2)([c]2ccncc2)([c]2ccncc2)[c]2ccncc2)=C1.O=C1C=CC=C1. The summed E-state index contributed by atoms with van der Waals surface area (Å²) in [5.74, 6) is 0.0926. The van der Waals surface area contributed by atoms with Gasteiger partial charge in [0, 0.05) is 0 Å². The van der Waals surface area contributed by atoms with Gasteiger partial charge in [-0.15, -0.1) is 0 Å². The maximum absolute atomic E-state index is 10.1. The van der Waals surface area contributed by atoms with Crippen LogP contribution in [0, 0.1) is 0 Å². The molecule has 0 amide bonds. The Balaban J connectivity index is 0.000000391. The fourth-order valence-corrected chi connectivity index (χ4v) is 12.4. The maximum Gasteiger partial charge on any atom is 0.178 e. The summed E-state index contributed by atoms with van der Waals surface area (Å²) in [6.07, 6.45) is 29.2. The van der Waals surface area contributed by atoms with E-state index in [1.54, 1.807) is 12.2 Å². The molecule has 4 aromatic rings. The van der Waals surface area contributed by atoms with Gasteiger partial charge in [-0.05, 0) is 12.2 Å². The smallest absolute Gasteiger partial charge is 0.178 e. The van der Waals surface area contributed by atoms with Gasteiger partial charge in [-0.25, -0.2) is 0 Å². The van der Waals surface area contributed by atoms with Crippen LogP contribution in [0.1, 0.15) is 6.42 Å². The van der Waals surface area contributed by atoms with E-state index in [4.69, 9.17) is 0 Å². The summed E-state index contributed by atoms with van der Waals surface area (Å²) in [7, 11) is 0. The molecule has 6 rings (SSSR count). The summed E-state index contributed by atoms with van der Waals surface area (Å²) in [4.78, 5) is 27.5. The molecule has 0 fully saturated rings. The van der Waals surface area contributed by atoms with Gasteiger partial charge in [0.15, 0.2) is 5.78 Å². The zero-order valence-electron chi connectivity index (χ0n) is 19.5. The molecule has 2 aliphatic rings. The summed E-state index contributed by atoms with van der Waals surface area (Å²) < 4.78 is 6.36. The minimum Gasteiger partial charge on any atom is -0.290 e. The molecule has 180 valence electrons. The Labute approximate surface area is 211 Å². The van der Waals surface area contributed by atoms with Crippen molar-refractivity contribution >= 4 is 23.8 Å². The molecule has 5 nitrogen and oxygen atoms in total. The largest absolute Gasteiger partial charge is 0.290 e. The Morgan fingerprint density at radius 2 is 0.889 bits per heavy atom. The number of hydrogen-bond acceptors (Lipinski definition) is 5. The van der Waals surface area contributed by atoms with E-state index in [0.29, 0.717) is 0 Å². The van der Waals surface area contributed by atoms with Crippen LogP contribution in [0.5, 0.6) is 0 Å². The number of ketones is 1. The maximum atomic E-state index is 10.1. The van der Waals surface area contributed by atoms with Crippen LogP contribution in [0.3, 0.4) is 0 Å². The van der Waals surface area contributed by atoms with E-state index in [0.717, 1.165) is 6.42 Å². The van der Waals surface area contributed by atoms with Gasteiger partial charge in [0.05, 0.1) is 0 Å². The number of rotatable bonds is 5. The van der Waals surface area contributed by atoms with Gasteiger partial charge in [-0.3, -0.25) is 4.79 Å². The molecule has 0 saturated heterocycles. The van der Waals surface area contributed by atoms with Crippen molar-refractivity contribution in [3.05, 3.63) is 145 Å². The normalized spacial score (nSPS) is 15.1. The summed E-state index contributed by atoms with van der Waals surface area (Å²) >= 11 is -3.29. The summed E-state index contributed by atoms with van der Waals surface area (Å²) in [5.41, 5.74) is 0. The zero-order valence-corrected chi connectivity index (χ0v) is 20.6. The van der Waals surface area contributed by atoms with E-state index in [1.807, 2.05) is 49.6 Å². The molecule has 0 aromatic carbocycles. The molecule has 0 radical (unpaired) electrons. The van der Waals surface area contributed by atoms with Gasteiger partial charge < -0.3 is 0 Å². The van der Waals surface area contributed by atoms with Crippen molar-refractivity contribution in [3.63, 3.8) is 0 Å². The first-order chi connectivity index (χ1) is 17.8. The second-order valence-corrected chi connectivity index (χ2v) is 13.4. The first-order valence-corrected chi connectivity index (χ1v) is 14.0. The molecular weight excluding hydrogens is 491 g/mol. The van der Waals surface area contributed by atoms with Gasteiger partial charge in [0.2, 0.25) is 0 Å². The second kappa shape index (κ2) is 10.2. The van der Waals surface area contributed by atoms with E-state index in [-0.39, 0.29) is 5.78 Å². The number of aromatic nitrogens is 4. The van der Waals surface area contributed by atoms with Crippen molar-refractivity contribution in [2.24, 2.45) is 0 Å². The molecule has 0 aliphatic heterocycles. The molecule has 0 bridgehead atoms. The second-order valence-electron chi connectivity index (χ2n) is 7.73. The first-order valence-electron chi connectivity index (χ1n) is 11.4. The number of pyridine rings is 4. The minimum atomic E-state index is -3.29. The molecule has 4 aromatic heterocycles. The van der Waals surface area contributed by atoms with Crippen LogP contribution in [0.15, 0.2) is 145 Å². The van der Waals surface area contributed by atoms with Crippen molar-refractivity contribution < 1.29 is 16.4 Å². The van der Waals surface area contributed by atoms with Gasteiger partial charge >= 0.3 is 177 Å². The molecule has 4 heterocycles. The third-order valence-electron chi connectivity index (χ3n) is 5.81. The van der Waals surface area contributed by atoms with E-state index in [2.05, 4.69) is 86.7 Å². The van der Waals surface area contributed by atoms with E-state index in [1.165, 1.54) is 34.7 Å². The summed E-state index contributed by atoms with van der Waals surface area (Å²) in [5, 5.41) is 0. The Bertz CT molecular complexity index is 1280. The predicted octanol–water partition coefficient (Wildman–Crippen LogP) is 3.08. The molecule has 0 unspecified atom stereocenters. The van der Waals surface area contributed by atoms with Crippen molar-refractivity contribution in [2.75, 3.05) is 0 Å². The topological polar surface area (TPSA) is 68.6 Å². The Morgan fingerprint density at radius 1 is 0.528 bits per heavy atom. The Hall–Kier alpha value is -4.26. The molecular formula is C30H25CoN4O. The van der Waals surface area contributed by atoms with Crippen molar-refractivity contribution in [3.8, 4) is 0 Å². The molecule has 0 atom stereocenters. The van der Waals surface area contributed by atoms with E-state index in [9.17, 15) is 4.79 Å². The number of nitrogens with zero attached hydrogens (tertiary/aromatic N) is 4. The Kier molecular flexibility index (Phi) is 6.62. The number of carbonyl (C=O) groups excluding carboxylic acids is 1. The zero-order chi connectivity index (χ0) is 24.7. The molecule has 0 N–H and O–H groups in total. The van der Waals surface area contributed by atoms with E-state index < -0.39 is 11.6 Å². The monoisotopic (exact) mass is 516 g/mol. The van der Waals surface area contributed by atoms with Crippen LogP contribution in [0.2, 0.25) is 0 Å². The predicted molar refractivity (Wildman–Crippen MR) is 141 cm³/mol. The van der Waals surface area contributed by atoms with Crippen LogP contribution in [0.25, 0.3) is 0 Å². The fourth-order valence-electron chi connectivity index (χ4n) is 4.37. The minimum absolute atomic E-state index is 0.0926. The van der Waals surface area contributed by atoms with Gasteiger partial charge in [0.25, 0.3) is 0 Å². The van der Waals surface area contributed by atoms with Crippen molar-refractivity contribution in [1.29, 1.82) is 0 Å². The third-order valence-corrected chi connectivity index (χ3v) is 13.7. The quantitative estimate of drug-likeness (QED) is 0.408. The van der Waals surface area contributed by atoms with Gasteiger partial charge in [0.1, 0.15) is 0 Å². The average Bonchev–Trinajstić information content (AvgIpc) is 3.68. The third kappa shape index (κ3) is 3.68. The van der Waals surface area contributed by atoms with Crippen LogP contribution in [-0.4, -0.2) is 25.7 Å². The molecule has 6 heteroatoms. The number of carbonyl (C=O) groups is 1. The molecule has 0 saturated carbocycles. The van der Waals surface area contributed by atoms with Crippen LogP contribution >= 0.6 is 0 Å². The summed E-state index contributed by atoms with van der Waals surface area (Å²) in [6.45, 7) is 0. The average molecular weight is 516 g/mol. The van der Waals surface area contributed by atoms with Crippen LogP contribution < -0.4 is 18.0 Å². The Morgan fingerprint density at radius 3 is 1.14 bits per heavy atom. The van der Waals surface area contributed by atoms with Crippen molar-refractivity contribution in [1.82, 2.24) is 19.9 Å². The molecule has 36 heavy (non-hydrogen) atoms. The first kappa shape index (κ1) is 23.5. The van der Waals surface area contributed by atoms with Crippen molar-refractivity contribution in [2.45, 2.75) is 6.42 Å². The van der Waals surface area contributed by atoms with Gasteiger partial charge in [-0.2, -0.15) is 0 Å². The van der Waals surface area contributed by atoms with E-state index >= 15 is 0 Å². The van der Waals surface area contributed by atoms with Gasteiger partial charge in [-0.1, -0.05) is 12.2 Å². The number of hydrogen-bond donors (Lipinski definition) is 0.